The van der Waals surface area contributed by atoms with E-state index in [1.54, 1.807) is 0 Å². The average Bonchev–Trinajstić information content (AvgIpc) is 2.37. The number of para-hydroxylation sites is 2. The van der Waals surface area contributed by atoms with Crippen LogP contribution in [-0.2, 0) is 20.2 Å². The first-order valence-electron chi connectivity index (χ1n) is 5.51. The molecule has 0 aromatic heterocycles. The van der Waals surface area contributed by atoms with Crippen molar-refractivity contribution in [2.75, 3.05) is 0 Å². The van der Waals surface area contributed by atoms with Gasteiger partial charge in [0.25, 0.3) is 0 Å². The number of phenolic OH excluding ortho intramolecular Hbond substituents is 2. The molecule has 8 nitrogen and oxygen atoms in total. The monoisotopic (exact) mass is 410 g/mol. The van der Waals surface area contributed by atoms with Gasteiger partial charge in [-0.1, -0.05) is 24.3 Å². The summed E-state index contributed by atoms with van der Waals surface area (Å²) in [4.78, 5) is -1.17. The fourth-order valence-corrected chi connectivity index (χ4v) is 2.48. The molecule has 0 heterocycles. The second kappa shape index (κ2) is 11.0. The molecule has 2 N–H and O–H groups in total. The average molecular weight is 410 g/mol. The van der Waals surface area contributed by atoms with Crippen LogP contribution in [0, 0.1) is 0 Å². The molecule has 0 aliphatic carbocycles. The zero-order chi connectivity index (χ0) is 17.0. The fourth-order valence-electron chi connectivity index (χ4n) is 1.34. The molecule has 0 radical (unpaired) electrons. The number of benzene rings is 2. The standard InChI is InChI=1S/2C6H6O4S.Ca.Na.H/c2*7-5-3-1-2-4-6(5)11(8,9)10;;;/h2*1-4,7H,(H,8,9,10);;;/q;;+2;+1;-1/p-2. The van der Waals surface area contributed by atoms with Crippen LogP contribution in [-0.4, -0.2) is 73.9 Å². The van der Waals surface area contributed by atoms with E-state index in [4.69, 9.17) is 10.2 Å². The predicted molar refractivity (Wildman–Crippen MR) is 79.0 cm³/mol. The van der Waals surface area contributed by atoms with Crippen LogP contribution < -0.4 is 29.6 Å². The molecule has 122 valence electrons. The number of phenols is 2. The van der Waals surface area contributed by atoms with E-state index < -0.39 is 41.5 Å². The molecule has 0 saturated carbocycles. The van der Waals surface area contributed by atoms with Crippen LogP contribution in [0.2, 0.25) is 0 Å². The molecule has 0 amide bonds. The van der Waals surface area contributed by atoms with Gasteiger partial charge in [-0.15, -0.1) is 0 Å². The third-order valence-corrected chi connectivity index (χ3v) is 4.04. The molecule has 0 aliphatic rings. The van der Waals surface area contributed by atoms with Gasteiger partial charge in [0.2, 0.25) is 0 Å². The van der Waals surface area contributed by atoms with Gasteiger partial charge in [0, 0.05) is 0 Å². The summed E-state index contributed by atoms with van der Waals surface area (Å²) in [6.07, 6.45) is 0. The van der Waals surface area contributed by atoms with Crippen molar-refractivity contribution < 1.29 is 67.1 Å². The van der Waals surface area contributed by atoms with Crippen molar-refractivity contribution >= 4 is 58.0 Å². The Balaban J connectivity index is -0.000000346. The summed E-state index contributed by atoms with van der Waals surface area (Å²) in [6, 6.07) is 9.99. The number of aromatic hydroxyl groups is 2. The summed E-state index contributed by atoms with van der Waals surface area (Å²) in [6.45, 7) is 0. The summed E-state index contributed by atoms with van der Waals surface area (Å²) >= 11 is 0. The topological polar surface area (TPSA) is 155 Å². The van der Waals surface area contributed by atoms with Crippen LogP contribution in [0.3, 0.4) is 0 Å². The zero-order valence-electron chi connectivity index (χ0n) is 13.5. The van der Waals surface area contributed by atoms with E-state index >= 15 is 0 Å². The van der Waals surface area contributed by atoms with Gasteiger partial charge in [0.15, 0.2) is 0 Å². The Labute approximate surface area is 192 Å². The van der Waals surface area contributed by atoms with E-state index in [9.17, 15) is 25.9 Å². The normalized spacial score (nSPS) is 10.4. The maximum absolute atomic E-state index is 10.3. The van der Waals surface area contributed by atoms with Gasteiger partial charge in [-0.25, -0.2) is 16.8 Å². The summed E-state index contributed by atoms with van der Waals surface area (Å²) < 4.78 is 62.0. The van der Waals surface area contributed by atoms with Crippen molar-refractivity contribution in [1.82, 2.24) is 0 Å². The van der Waals surface area contributed by atoms with Crippen molar-refractivity contribution in [2.24, 2.45) is 0 Å². The number of hydrogen-bond donors (Lipinski definition) is 2. The Morgan fingerprint density at radius 2 is 0.958 bits per heavy atom. The van der Waals surface area contributed by atoms with E-state index in [1.165, 1.54) is 24.3 Å². The molecule has 0 unspecified atom stereocenters. The summed E-state index contributed by atoms with van der Waals surface area (Å²) in [7, 11) is -9.07. The van der Waals surface area contributed by atoms with Crippen molar-refractivity contribution in [3.8, 4) is 11.5 Å². The van der Waals surface area contributed by atoms with Gasteiger partial charge in [-0.05, 0) is 24.3 Å². The Bertz CT molecular complexity index is 801. The largest absolute Gasteiger partial charge is 2.00 e. The van der Waals surface area contributed by atoms with Crippen LogP contribution in [0.1, 0.15) is 1.43 Å². The van der Waals surface area contributed by atoms with Gasteiger partial charge < -0.3 is 20.7 Å². The van der Waals surface area contributed by atoms with E-state index in [0.29, 0.717) is 0 Å². The van der Waals surface area contributed by atoms with Crippen molar-refractivity contribution in [3.05, 3.63) is 48.5 Å². The smallest absolute Gasteiger partial charge is 1.00 e. The summed E-state index contributed by atoms with van der Waals surface area (Å²) in [5, 5.41) is 17.7. The van der Waals surface area contributed by atoms with Gasteiger partial charge in [0.1, 0.15) is 31.7 Å². The second-order valence-corrected chi connectivity index (χ2v) is 6.54. The molecule has 12 heteroatoms. The van der Waals surface area contributed by atoms with Crippen molar-refractivity contribution in [3.63, 3.8) is 0 Å². The molecule has 0 atom stereocenters. The minimum atomic E-state index is -4.53. The predicted octanol–water partition coefficient (Wildman–Crippen LogP) is -2.67. The van der Waals surface area contributed by atoms with Crippen molar-refractivity contribution in [2.45, 2.75) is 9.79 Å². The van der Waals surface area contributed by atoms with Crippen LogP contribution >= 0.6 is 0 Å². The van der Waals surface area contributed by atoms with Crippen molar-refractivity contribution in [1.29, 1.82) is 0 Å². The number of hydrogen-bond acceptors (Lipinski definition) is 8. The van der Waals surface area contributed by atoms with E-state index in [-0.39, 0.29) is 68.7 Å². The van der Waals surface area contributed by atoms with E-state index in [2.05, 4.69) is 0 Å². The molecule has 24 heavy (non-hydrogen) atoms. The van der Waals surface area contributed by atoms with Gasteiger partial charge in [-0.3, -0.25) is 0 Å². The Morgan fingerprint density at radius 3 is 1.12 bits per heavy atom. The first-order chi connectivity index (χ1) is 10.0. The van der Waals surface area contributed by atoms with Crippen LogP contribution in [0.4, 0.5) is 0 Å². The van der Waals surface area contributed by atoms with Crippen LogP contribution in [0.15, 0.2) is 58.3 Å². The quantitative estimate of drug-likeness (QED) is 0.401. The number of rotatable bonds is 2. The fraction of sp³-hybridized carbons (Fsp3) is 0. The maximum atomic E-state index is 10.3. The van der Waals surface area contributed by atoms with E-state index in [0.717, 1.165) is 24.3 Å². The SMILES string of the molecule is O=S(=O)([O-])c1ccccc1O.O=S(=O)([O-])c1ccccc1O.[Ca+2].[H-].[Na+]. The maximum Gasteiger partial charge on any atom is 2.00 e. The Kier molecular flexibility index (Phi) is 12.0. The van der Waals surface area contributed by atoms with Gasteiger partial charge in [-0.2, -0.15) is 0 Å². The zero-order valence-corrected chi connectivity index (χ0v) is 18.3. The molecular weight excluding hydrogens is 399 g/mol. The Hall–Kier alpha value is 0.120. The third-order valence-electron chi connectivity index (χ3n) is 2.27. The molecule has 0 aliphatic heterocycles. The molecule has 2 rings (SSSR count). The van der Waals surface area contributed by atoms with E-state index in [1.807, 2.05) is 0 Å². The minimum absolute atomic E-state index is 0. The summed E-state index contributed by atoms with van der Waals surface area (Å²) in [5.74, 6) is -1.02. The molecule has 2 aromatic carbocycles. The minimum Gasteiger partial charge on any atom is -1.00 e. The second-order valence-electron chi connectivity index (χ2n) is 3.84. The van der Waals surface area contributed by atoms with Crippen LogP contribution in [0.25, 0.3) is 0 Å². The molecule has 0 bridgehead atoms. The molecule has 0 fully saturated rings. The van der Waals surface area contributed by atoms with Crippen LogP contribution in [0.5, 0.6) is 11.5 Å². The molecular formula is C12H11CaNaO8S2. The third kappa shape index (κ3) is 8.48. The molecule has 0 spiro atoms. The molecule has 0 saturated heterocycles. The molecule has 2 aromatic rings. The first-order valence-corrected chi connectivity index (χ1v) is 8.33. The van der Waals surface area contributed by atoms with Gasteiger partial charge >= 0.3 is 67.3 Å². The Morgan fingerprint density at radius 1 is 0.708 bits per heavy atom. The van der Waals surface area contributed by atoms with Gasteiger partial charge in [0.05, 0.1) is 9.79 Å². The first kappa shape index (κ1) is 26.3. The summed E-state index contributed by atoms with van der Waals surface area (Å²) in [5.41, 5.74) is 0.